The number of hydrogen-bond donors (Lipinski definition) is 0. The van der Waals surface area contributed by atoms with Crippen LogP contribution in [0.2, 0.25) is 0 Å². The van der Waals surface area contributed by atoms with E-state index in [1.54, 1.807) is 90.8 Å². The van der Waals surface area contributed by atoms with E-state index < -0.39 is 0 Å². The first kappa shape index (κ1) is 103. The van der Waals surface area contributed by atoms with Crippen LogP contribution in [0.1, 0.15) is 193 Å². The molecule has 8 aliphatic heterocycles. The summed E-state index contributed by atoms with van der Waals surface area (Å²) in [5, 5.41) is 19.1. The molecular weight excluding hydrogens is 1270 g/mol. The zero-order valence-corrected chi connectivity index (χ0v) is 68.2. The van der Waals surface area contributed by atoms with Gasteiger partial charge in [-0.05, 0) is 178 Å². The SMILES string of the molecule is C1=CC=COC=C1.C1=CC=CSC=C1.C1=CCOC=C1.C1=COC=CC1.C1=NSCS1.CC(C)C.CC(C)C.CC(C)C.CC(C)C.CC(C)C.CC(C)C.CC(C)C.CC(C)N1C=CC=CC=C1.CC(C)N1C=CSC=C1.CC(C)N1C=NCC1.c1cnoc1.c1conn1. The number of aromatic nitrogens is 3. The van der Waals surface area contributed by atoms with Gasteiger partial charge in [0.2, 0.25) is 0 Å². The molecule has 17 heteroatoms. The smallest absolute Gasteiger partial charge is 0.144 e. The van der Waals surface area contributed by atoms with Crippen LogP contribution in [0.25, 0.3) is 0 Å². The van der Waals surface area contributed by atoms with Crippen molar-refractivity contribution >= 4 is 59.1 Å². The molecule has 2 aromatic rings. The number of nitrogens with zero attached hydrogens (tertiary/aromatic N) is 8. The number of rotatable bonds is 3. The Kier molecular flexibility index (Phi) is 93.8. The number of thioether (sulfide) groups is 3. The van der Waals surface area contributed by atoms with E-state index in [0.717, 1.165) is 72.6 Å². The molecule has 0 aromatic carbocycles. The lowest BCUT2D eigenvalue weighted by atomic mass is 10.3. The summed E-state index contributed by atoms with van der Waals surface area (Å²) < 4.78 is 26.7. The molecule has 10 heterocycles. The fraction of sp³-hybridized carbons (Fsp3) is 0.532. The van der Waals surface area contributed by atoms with E-state index in [9.17, 15) is 0 Å². The van der Waals surface area contributed by atoms with Crippen LogP contribution in [-0.4, -0.2) is 85.0 Å². The summed E-state index contributed by atoms with van der Waals surface area (Å²) in [7, 11) is 0. The number of hydrogen-bond acceptors (Lipinski definition) is 17. The molecule has 0 spiro atoms. The van der Waals surface area contributed by atoms with Gasteiger partial charge in [0, 0.05) is 54.7 Å². The third-order valence-electron chi connectivity index (χ3n) is 7.52. The normalized spacial score (nSPS) is 14.0. The fourth-order valence-electron chi connectivity index (χ4n) is 4.12. The largest absolute Gasteiger partial charge is 0.497 e. The fourth-order valence-corrected chi connectivity index (χ4v) is 6.31. The van der Waals surface area contributed by atoms with Gasteiger partial charge in [0.15, 0.2) is 0 Å². The molecule has 0 amide bonds. The van der Waals surface area contributed by atoms with Crippen molar-refractivity contribution < 1.29 is 23.3 Å². The van der Waals surface area contributed by atoms with E-state index in [0.29, 0.717) is 18.1 Å². The molecule has 0 saturated heterocycles. The highest BCUT2D eigenvalue weighted by Gasteiger charge is 2.07. The van der Waals surface area contributed by atoms with E-state index in [1.807, 2.05) is 126 Å². The van der Waals surface area contributed by atoms with Crippen molar-refractivity contribution in [2.24, 2.45) is 50.8 Å². The maximum Gasteiger partial charge on any atom is 0.144 e. The standard InChI is InChI=1S/C9H13N.C7H11NS.C6H12N2.C6H6O.C6H6S.2C5H6O.7C4H10.C3H3NO.C2H2N2O.C2H3NS2/c1-9(2)10-7-5-3-4-6-8-10;1-7(2)8-3-5-9-6-4-8;1-6(2)8-4-3-7-5-8;2*1-2-4-6-7-5-3-1;2*1-2-4-6-5-3-1;7*1-4(2)3;1-2-4-5-3-1;1-2-5-4-3-1;1-3-5-2-4-1/h3-9H,1-2H3;3-7H,1-2H3;5-6H,3-4H2,1-2H3;2*1-6H;2-5H,1H2;1-4H,5H2;7*4H,1-3H3;1-3H;1-2H;1H,2H2. The van der Waals surface area contributed by atoms with Gasteiger partial charge in [-0.3, -0.25) is 4.99 Å². The minimum atomic E-state index is 0.549. The lowest BCUT2D eigenvalue weighted by Crippen LogP contribution is -2.27. The quantitative estimate of drug-likeness (QED) is 0.270. The Morgan fingerprint density at radius 2 is 0.844 bits per heavy atom. The van der Waals surface area contributed by atoms with Crippen molar-refractivity contribution in [3.8, 4) is 0 Å². The molecule has 13 nitrogen and oxygen atoms in total. The third kappa shape index (κ3) is 132. The molecule has 2 aromatic heterocycles. The zero-order valence-electron chi connectivity index (χ0n) is 64.9. The first-order valence-corrected chi connectivity index (χ1v) is 37.7. The van der Waals surface area contributed by atoms with Crippen LogP contribution in [0.4, 0.5) is 0 Å². The molecule has 0 unspecified atom stereocenters. The Labute approximate surface area is 607 Å². The van der Waals surface area contributed by atoms with Gasteiger partial charge >= 0.3 is 0 Å². The summed E-state index contributed by atoms with van der Waals surface area (Å²) in [5.41, 5.74) is 1.87. The highest BCUT2D eigenvalue weighted by Crippen LogP contribution is 2.17. The van der Waals surface area contributed by atoms with Gasteiger partial charge in [-0.2, -0.15) is 0 Å². The van der Waals surface area contributed by atoms with Crippen molar-refractivity contribution in [3.63, 3.8) is 0 Å². The molecular formula is C79H138N8O5S4. The highest BCUT2D eigenvalue weighted by atomic mass is 32.2. The van der Waals surface area contributed by atoms with E-state index >= 15 is 0 Å². The molecule has 0 bridgehead atoms. The van der Waals surface area contributed by atoms with Crippen molar-refractivity contribution in [1.29, 1.82) is 0 Å². The summed E-state index contributed by atoms with van der Waals surface area (Å²) in [5.74, 6) is 5.83. The van der Waals surface area contributed by atoms with Gasteiger partial charge in [0.05, 0.1) is 67.2 Å². The molecule has 0 fully saturated rings. The maximum atomic E-state index is 4.80. The van der Waals surface area contributed by atoms with Gasteiger partial charge < -0.3 is 38.0 Å². The lowest BCUT2D eigenvalue weighted by molar-refractivity contribution is 0.286. The Balaban J connectivity index is -0.000000177. The average Bonchev–Trinajstić information content (AvgIpc) is 2.32. The predicted octanol–water partition coefficient (Wildman–Crippen LogP) is 25.6. The summed E-state index contributed by atoms with van der Waals surface area (Å²) in [6.45, 7) is 61.4. The number of ether oxygens (including phenoxy) is 3. The van der Waals surface area contributed by atoms with E-state index in [4.69, 9.17) is 14.2 Å². The highest BCUT2D eigenvalue weighted by molar-refractivity contribution is 8.25. The Morgan fingerprint density at radius 1 is 0.406 bits per heavy atom. The van der Waals surface area contributed by atoms with E-state index in [-0.39, 0.29) is 0 Å². The monoisotopic (exact) mass is 1410 g/mol. The lowest BCUT2D eigenvalue weighted by Gasteiger charge is -2.21. The summed E-state index contributed by atoms with van der Waals surface area (Å²) in [4.78, 5) is 10.7. The summed E-state index contributed by atoms with van der Waals surface area (Å²) in [6.07, 6.45) is 58.9. The second-order valence-electron chi connectivity index (χ2n) is 25.8. The molecule has 8 aliphatic rings. The molecule has 10 rings (SSSR count). The Hall–Kier alpha value is -6.01. The van der Waals surface area contributed by atoms with Gasteiger partial charge in [-0.25, -0.2) is 4.40 Å². The van der Waals surface area contributed by atoms with Crippen molar-refractivity contribution in [3.05, 3.63) is 212 Å². The van der Waals surface area contributed by atoms with Gasteiger partial charge in [0.1, 0.15) is 19.1 Å². The average molecular weight is 1410 g/mol. The first-order chi connectivity index (χ1) is 45.5. The summed E-state index contributed by atoms with van der Waals surface area (Å²) >= 11 is 6.76. The molecule has 0 N–H and O–H groups in total. The van der Waals surface area contributed by atoms with Crippen LogP contribution in [0.5, 0.6) is 0 Å². The Bertz CT molecular complexity index is 2070. The molecule has 96 heavy (non-hydrogen) atoms. The maximum absolute atomic E-state index is 4.80. The van der Waals surface area contributed by atoms with Gasteiger partial charge in [-0.15, -0.1) is 40.4 Å². The number of allylic oxidation sites excluding steroid dienone is 16. The van der Waals surface area contributed by atoms with Crippen LogP contribution in [0, 0.1) is 41.4 Å². The topological polar surface area (TPSA) is 127 Å². The Morgan fingerprint density at radius 3 is 1.07 bits per heavy atom. The van der Waals surface area contributed by atoms with Crippen LogP contribution in [0.15, 0.2) is 230 Å². The van der Waals surface area contributed by atoms with Crippen molar-refractivity contribution in [2.75, 3.05) is 24.8 Å². The van der Waals surface area contributed by atoms with Crippen molar-refractivity contribution in [2.45, 2.75) is 211 Å². The zero-order chi connectivity index (χ0) is 74.1. The third-order valence-corrected chi connectivity index (χ3v) is 10.3. The van der Waals surface area contributed by atoms with Crippen LogP contribution >= 0.6 is 47.2 Å². The molecule has 0 aliphatic carbocycles. The molecule has 0 saturated carbocycles. The minimum absolute atomic E-state index is 0.549. The van der Waals surface area contributed by atoms with E-state index in [2.05, 4.69) is 271 Å². The van der Waals surface area contributed by atoms with Crippen LogP contribution in [0.3, 0.4) is 0 Å². The molecule has 548 valence electrons. The summed E-state index contributed by atoms with van der Waals surface area (Å²) in [6, 6.07) is 3.48. The molecule has 0 radical (unpaired) electrons. The number of aliphatic imine (C=N–C) groups is 1. The predicted molar refractivity (Wildman–Crippen MR) is 437 cm³/mol. The second kappa shape index (κ2) is 87.0. The second-order valence-corrected chi connectivity index (χ2v) is 29.4. The minimum Gasteiger partial charge on any atom is -0.497 e. The molecule has 0 atom stereocenters. The van der Waals surface area contributed by atoms with Crippen LogP contribution in [-0.2, 0) is 14.2 Å². The van der Waals surface area contributed by atoms with Crippen LogP contribution < -0.4 is 0 Å². The first-order valence-electron chi connectivity index (χ1n) is 33.8. The van der Waals surface area contributed by atoms with E-state index in [1.165, 1.54) is 18.7 Å². The van der Waals surface area contributed by atoms with Crippen molar-refractivity contribution in [1.82, 2.24) is 30.2 Å². The van der Waals surface area contributed by atoms with Gasteiger partial charge in [0.25, 0.3) is 0 Å². The van der Waals surface area contributed by atoms with Gasteiger partial charge in [-0.1, -0.05) is 205 Å².